The van der Waals surface area contributed by atoms with Crippen molar-refractivity contribution in [2.45, 2.75) is 27.2 Å². The predicted octanol–water partition coefficient (Wildman–Crippen LogP) is 4.80. The van der Waals surface area contributed by atoms with Crippen LogP contribution in [0.15, 0.2) is 40.9 Å². The van der Waals surface area contributed by atoms with Crippen LogP contribution in [0.5, 0.6) is 0 Å². The van der Waals surface area contributed by atoms with Crippen LogP contribution in [0, 0.1) is 20.8 Å². The Hall–Kier alpha value is -1.41. The molecule has 2 aromatic rings. The smallest absolute Gasteiger partial charge is 0.167 e. The first-order valence-corrected chi connectivity index (χ1v) is 7.12. The van der Waals surface area contributed by atoms with Crippen molar-refractivity contribution < 1.29 is 4.79 Å². The van der Waals surface area contributed by atoms with Crippen LogP contribution < -0.4 is 0 Å². The van der Waals surface area contributed by atoms with Crippen LogP contribution in [-0.2, 0) is 6.42 Å². The lowest BCUT2D eigenvalue weighted by molar-refractivity contribution is 0.0992. The Bertz CT molecular complexity index is 589. The summed E-state index contributed by atoms with van der Waals surface area (Å²) < 4.78 is 0.956. The zero-order valence-electron chi connectivity index (χ0n) is 11.5. The van der Waals surface area contributed by atoms with Gasteiger partial charge in [0.25, 0.3) is 0 Å². The molecule has 0 amide bonds. The zero-order chi connectivity index (χ0) is 14.0. The van der Waals surface area contributed by atoms with Gasteiger partial charge in [-0.05, 0) is 61.2 Å². The van der Waals surface area contributed by atoms with E-state index in [0.717, 1.165) is 21.2 Å². The number of ketones is 1. The number of hydrogen-bond acceptors (Lipinski definition) is 1. The molecular weight excluding hydrogens is 300 g/mol. The number of hydrogen-bond donors (Lipinski definition) is 0. The van der Waals surface area contributed by atoms with Crippen molar-refractivity contribution in [3.05, 3.63) is 68.7 Å². The molecule has 0 heterocycles. The summed E-state index contributed by atoms with van der Waals surface area (Å²) in [6.07, 6.45) is 0.467. The summed E-state index contributed by atoms with van der Waals surface area (Å²) in [6.45, 7) is 6.12. The highest BCUT2D eigenvalue weighted by Gasteiger charge is 2.11. The van der Waals surface area contributed by atoms with E-state index in [1.807, 2.05) is 31.2 Å². The van der Waals surface area contributed by atoms with Gasteiger partial charge < -0.3 is 0 Å². The molecule has 0 radical (unpaired) electrons. The first kappa shape index (κ1) is 14.0. The van der Waals surface area contributed by atoms with Gasteiger partial charge in [0.1, 0.15) is 0 Å². The van der Waals surface area contributed by atoms with Gasteiger partial charge >= 0.3 is 0 Å². The zero-order valence-corrected chi connectivity index (χ0v) is 13.0. The highest BCUT2D eigenvalue weighted by molar-refractivity contribution is 9.10. The first-order chi connectivity index (χ1) is 8.97. The molecule has 0 saturated carbocycles. The third-order valence-corrected chi connectivity index (χ3v) is 3.80. The Morgan fingerprint density at radius 3 is 2.26 bits per heavy atom. The second-order valence-corrected chi connectivity index (χ2v) is 5.90. The minimum atomic E-state index is 0.168. The van der Waals surface area contributed by atoms with Crippen LogP contribution in [0.2, 0.25) is 0 Å². The summed E-state index contributed by atoms with van der Waals surface area (Å²) in [5.41, 5.74) is 5.37. The normalized spacial score (nSPS) is 10.5. The number of carbonyl (C=O) groups is 1. The van der Waals surface area contributed by atoms with Gasteiger partial charge in [-0.15, -0.1) is 0 Å². The molecule has 1 nitrogen and oxygen atoms in total. The van der Waals surface area contributed by atoms with Gasteiger partial charge in [0.15, 0.2) is 5.78 Å². The molecule has 98 valence electrons. The molecule has 2 rings (SSSR count). The summed E-state index contributed by atoms with van der Waals surface area (Å²) in [4.78, 5) is 12.4. The van der Waals surface area contributed by atoms with Gasteiger partial charge in [-0.2, -0.15) is 0 Å². The van der Waals surface area contributed by atoms with Crippen LogP contribution in [0.1, 0.15) is 32.6 Å². The lowest BCUT2D eigenvalue weighted by atomic mass is 9.95. The Kier molecular flexibility index (Phi) is 4.20. The van der Waals surface area contributed by atoms with E-state index in [4.69, 9.17) is 0 Å². The summed E-state index contributed by atoms with van der Waals surface area (Å²) in [5.74, 6) is 0.168. The Morgan fingerprint density at radius 1 is 1.05 bits per heavy atom. The molecule has 0 unspecified atom stereocenters. The maximum Gasteiger partial charge on any atom is 0.167 e. The van der Waals surface area contributed by atoms with E-state index in [1.165, 1.54) is 11.1 Å². The fourth-order valence-corrected chi connectivity index (χ4v) is 2.90. The highest BCUT2D eigenvalue weighted by atomic mass is 79.9. The van der Waals surface area contributed by atoms with Gasteiger partial charge in [-0.3, -0.25) is 4.79 Å². The highest BCUT2D eigenvalue weighted by Crippen LogP contribution is 2.19. The average molecular weight is 317 g/mol. The van der Waals surface area contributed by atoms with Crippen LogP contribution in [0.4, 0.5) is 0 Å². The monoisotopic (exact) mass is 316 g/mol. The molecule has 2 aromatic carbocycles. The predicted molar refractivity (Wildman–Crippen MR) is 82.8 cm³/mol. The van der Waals surface area contributed by atoms with Crippen molar-refractivity contribution in [1.29, 1.82) is 0 Å². The van der Waals surface area contributed by atoms with Gasteiger partial charge in [-0.25, -0.2) is 0 Å². The summed E-state index contributed by atoms with van der Waals surface area (Å²) in [6, 6.07) is 12.0. The first-order valence-electron chi connectivity index (χ1n) is 6.33. The fourth-order valence-electron chi connectivity index (χ4n) is 2.29. The van der Waals surface area contributed by atoms with Crippen LogP contribution >= 0.6 is 15.9 Å². The topological polar surface area (TPSA) is 17.1 Å². The van der Waals surface area contributed by atoms with E-state index in [2.05, 4.69) is 41.9 Å². The lowest BCUT2D eigenvalue weighted by Gasteiger charge is -2.09. The lowest BCUT2D eigenvalue weighted by Crippen LogP contribution is -2.06. The Labute approximate surface area is 122 Å². The molecule has 0 aromatic heterocycles. The molecule has 0 saturated heterocycles. The van der Waals surface area contributed by atoms with E-state index in [0.29, 0.717) is 6.42 Å². The van der Waals surface area contributed by atoms with Gasteiger partial charge in [-0.1, -0.05) is 34.1 Å². The molecule has 0 aliphatic heterocycles. The number of rotatable bonds is 3. The SMILES string of the molecule is Cc1cc(Br)cc(C(=O)Cc2c(C)cccc2C)c1. The molecule has 0 spiro atoms. The maximum atomic E-state index is 12.4. The van der Waals surface area contributed by atoms with E-state index in [-0.39, 0.29) is 5.78 Å². The average Bonchev–Trinajstić information content (AvgIpc) is 2.32. The molecule has 0 aliphatic carbocycles. The Morgan fingerprint density at radius 2 is 1.68 bits per heavy atom. The van der Waals surface area contributed by atoms with Crippen LogP contribution in [0.3, 0.4) is 0 Å². The number of benzene rings is 2. The van der Waals surface area contributed by atoms with Crippen molar-refractivity contribution >= 4 is 21.7 Å². The molecule has 2 heteroatoms. The molecule has 0 bridgehead atoms. The number of Topliss-reactive ketones (excluding diaryl/α,β-unsaturated/α-hetero) is 1. The third-order valence-electron chi connectivity index (χ3n) is 3.35. The van der Waals surface area contributed by atoms with Crippen molar-refractivity contribution in [2.24, 2.45) is 0 Å². The van der Waals surface area contributed by atoms with Crippen molar-refractivity contribution in [1.82, 2.24) is 0 Å². The second-order valence-electron chi connectivity index (χ2n) is 4.99. The fraction of sp³-hybridized carbons (Fsp3) is 0.235. The van der Waals surface area contributed by atoms with Gasteiger partial charge in [0.05, 0.1) is 0 Å². The number of halogens is 1. The van der Waals surface area contributed by atoms with E-state index >= 15 is 0 Å². The van der Waals surface area contributed by atoms with Gasteiger partial charge in [0.2, 0.25) is 0 Å². The summed E-state index contributed by atoms with van der Waals surface area (Å²) in [5, 5.41) is 0. The van der Waals surface area contributed by atoms with Crippen LogP contribution in [0.25, 0.3) is 0 Å². The van der Waals surface area contributed by atoms with Crippen molar-refractivity contribution in [3.63, 3.8) is 0 Å². The quantitative estimate of drug-likeness (QED) is 0.743. The van der Waals surface area contributed by atoms with Crippen LogP contribution in [-0.4, -0.2) is 5.78 Å². The van der Waals surface area contributed by atoms with Crippen molar-refractivity contribution in [2.75, 3.05) is 0 Å². The molecular formula is C17H17BrO. The second kappa shape index (κ2) is 5.70. The third kappa shape index (κ3) is 3.32. The molecule has 0 atom stereocenters. The Balaban J connectivity index is 2.31. The van der Waals surface area contributed by atoms with E-state index in [9.17, 15) is 4.79 Å². The minimum Gasteiger partial charge on any atom is -0.294 e. The van der Waals surface area contributed by atoms with Gasteiger partial charge in [0, 0.05) is 16.5 Å². The number of carbonyl (C=O) groups excluding carboxylic acids is 1. The largest absolute Gasteiger partial charge is 0.294 e. The molecule has 0 aliphatic rings. The maximum absolute atomic E-state index is 12.4. The number of aryl methyl sites for hydroxylation is 3. The summed E-state index contributed by atoms with van der Waals surface area (Å²) >= 11 is 3.44. The summed E-state index contributed by atoms with van der Waals surface area (Å²) in [7, 11) is 0. The standard InChI is InChI=1S/C17H17BrO/c1-11-7-14(9-15(18)8-11)17(19)10-16-12(2)5-4-6-13(16)3/h4-9H,10H2,1-3H3. The van der Waals surface area contributed by atoms with E-state index in [1.54, 1.807) is 0 Å². The van der Waals surface area contributed by atoms with Crippen molar-refractivity contribution in [3.8, 4) is 0 Å². The minimum absolute atomic E-state index is 0.168. The molecule has 0 N–H and O–H groups in total. The molecule has 19 heavy (non-hydrogen) atoms. The molecule has 0 fully saturated rings. The van der Waals surface area contributed by atoms with E-state index < -0.39 is 0 Å².